The zero-order chi connectivity index (χ0) is 13.8. The molecule has 1 aromatic rings. The average Bonchev–Trinajstić information content (AvgIpc) is 2.72. The van der Waals surface area contributed by atoms with Crippen LogP contribution < -0.4 is 5.32 Å². The monoisotopic (exact) mass is 280 g/mol. The summed E-state index contributed by atoms with van der Waals surface area (Å²) < 4.78 is 36.9. The first-order chi connectivity index (χ1) is 8.34. The van der Waals surface area contributed by atoms with Crippen LogP contribution in [0.15, 0.2) is 10.4 Å². The van der Waals surface area contributed by atoms with Gasteiger partial charge in [0.2, 0.25) is 0 Å². The molecule has 0 bridgehead atoms. The number of nitrogens with one attached hydrogen (secondary N) is 1. The van der Waals surface area contributed by atoms with E-state index < -0.39 is 11.9 Å². The summed E-state index contributed by atoms with van der Waals surface area (Å²) in [5, 5.41) is 4.53. The highest BCUT2D eigenvalue weighted by molar-refractivity contribution is 7.09. The fourth-order valence-electron chi connectivity index (χ4n) is 1.27. The van der Waals surface area contributed by atoms with E-state index in [1.165, 1.54) is 0 Å². The molecule has 0 aromatic carbocycles. The van der Waals surface area contributed by atoms with Crippen LogP contribution in [-0.4, -0.2) is 43.5 Å². The van der Waals surface area contributed by atoms with Crippen molar-refractivity contribution in [2.75, 3.05) is 27.7 Å². The number of rotatable bonds is 3. The van der Waals surface area contributed by atoms with E-state index in [9.17, 15) is 13.2 Å². The van der Waals surface area contributed by atoms with Gasteiger partial charge in [0.25, 0.3) is 0 Å². The molecule has 0 saturated carbocycles. The van der Waals surface area contributed by atoms with Crippen LogP contribution in [0.1, 0.15) is 10.7 Å². The second-order valence-corrected chi connectivity index (χ2v) is 4.69. The van der Waals surface area contributed by atoms with Gasteiger partial charge in [-0.05, 0) is 0 Å². The number of thiazole rings is 1. The van der Waals surface area contributed by atoms with E-state index in [1.54, 1.807) is 11.9 Å². The van der Waals surface area contributed by atoms with Crippen molar-refractivity contribution in [3.63, 3.8) is 0 Å². The van der Waals surface area contributed by atoms with E-state index in [2.05, 4.69) is 15.3 Å². The summed E-state index contributed by atoms with van der Waals surface area (Å²) in [5.41, 5.74) is -0.820. The van der Waals surface area contributed by atoms with Crippen molar-refractivity contribution in [2.45, 2.75) is 12.6 Å². The number of aliphatic imine (C=N–C) groups is 1. The third kappa shape index (κ3) is 4.17. The molecule has 102 valence electrons. The highest BCUT2D eigenvalue weighted by Crippen LogP contribution is 2.29. The number of hydrogen-bond acceptors (Lipinski definition) is 3. The molecule has 0 aliphatic heterocycles. The van der Waals surface area contributed by atoms with Crippen molar-refractivity contribution in [1.29, 1.82) is 0 Å². The molecule has 0 aliphatic rings. The molecule has 8 heteroatoms. The average molecular weight is 280 g/mol. The van der Waals surface area contributed by atoms with E-state index >= 15 is 0 Å². The number of halogens is 3. The van der Waals surface area contributed by atoms with Gasteiger partial charge < -0.3 is 10.2 Å². The molecule has 0 saturated heterocycles. The van der Waals surface area contributed by atoms with E-state index in [0.29, 0.717) is 23.9 Å². The molecule has 1 rings (SSSR count). The Hall–Kier alpha value is -1.31. The second-order valence-electron chi connectivity index (χ2n) is 3.74. The molecule has 1 N–H and O–H groups in total. The zero-order valence-corrected chi connectivity index (χ0v) is 11.2. The topological polar surface area (TPSA) is 40.5 Å². The molecule has 1 heterocycles. The number of alkyl halides is 3. The van der Waals surface area contributed by atoms with Gasteiger partial charge in [-0.15, -0.1) is 11.3 Å². The predicted octanol–water partition coefficient (Wildman–Crippen LogP) is 1.84. The molecule has 0 unspecified atom stereocenters. The number of aromatic nitrogens is 1. The molecule has 0 atom stereocenters. The largest absolute Gasteiger partial charge is 0.434 e. The van der Waals surface area contributed by atoms with Gasteiger partial charge in [0.05, 0.1) is 5.01 Å². The van der Waals surface area contributed by atoms with Gasteiger partial charge >= 0.3 is 6.18 Å². The van der Waals surface area contributed by atoms with Crippen LogP contribution in [-0.2, 0) is 12.6 Å². The molecule has 0 aliphatic carbocycles. The Morgan fingerprint density at radius 1 is 1.50 bits per heavy atom. The van der Waals surface area contributed by atoms with Crippen molar-refractivity contribution in [3.8, 4) is 0 Å². The SMILES string of the molecule is CN=C(NCCc1nc(C(F)(F)F)cs1)N(C)C. The smallest absolute Gasteiger partial charge is 0.356 e. The minimum atomic E-state index is -4.36. The molecule has 4 nitrogen and oxygen atoms in total. The highest BCUT2D eigenvalue weighted by atomic mass is 32.1. The first kappa shape index (κ1) is 14.7. The number of guanidine groups is 1. The van der Waals surface area contributed by atoms with Gasteiger partial charge in [-0.3, -0.25) is 4.99 Å². The molecular formula is C10H15F3N4S. The van der Waals surface area contributed by atoms with Crippen molar-refractivity contribution in [3.05, 3.63) is 16.1 Å². The maximum absolute atomic E-state index is 12.3. The Balaban J connectivity index is 2.48. The van der Waals surface area contributed by atoms with Gasteiger partial charge in [-0.2, -0.15) is 13.2 Å². The molecule has 1 aromatic heterocycles. The first-order valence-electron chi connectivity index (χ1n) is 5.24. The second kappa shape index (κ2) is 6.03. The Labute approximate surface area is 108 Å². The number of nitrogens with zero attached hydrogens (tertiary/aromatic N) is 3. The van der Waals surface area contributed by atoms with E-state index in [-0.39, 0.29) is 0 Å². The van der Waals surface area contributed by atoms with Crippen LogP contribution in [0.25, 0.3) is 0 Å². The summed E-state index contributed by atoms with van der Waals surface area (Å²) in [7, 11) is 5.31. The lowest BCUT2D eigenvalue weighted by atomic mass is 10.4. The lowest BCUT2D eigenvalue weighted by molar-refractivity contribution is -0.140. The molecule has 18 heavy (non-hydrogen) atoms. The lowest BCUT2D eigenvalue weighted by Gasteiger charge is -2.16. The summed E-state index contributed by atoms with van der Waals surface area (Å²) in [6.45, 7) is 0.496. The summed E-state index contributed by atoms with van der Waals surface area (Å²) in [6, 6.07) is 0. The Kier molecular flexibility index (Phi) is 4.94. The van der Waals surface area contributed by atoms with Crippen LogP contribution >= 0.6 is 11.3 Å². The van der Waals surface area contributed by atoms with Crippen molar-refractivity contribution in [1.82, 2.24) is 15.2 Å². The van der Waals surface area contributed by atoms with Crippen molar-refractivity contribution in [2.24, 2.45) is 4.99 Å². The van der Waals surface area contributed by atoms with Gasteiger partial charge in [0.15, 0.2) is 11.7 Å². The third-order valence-corrected chi connectivity index (χ3v) is 3.01. The number of hydrogen-bond donors (Lipinski definition) is 1. The third-order valence-electron chi connectivity index (χ3n) is 2.10. The Morgan fingerprint density at radius 3 is 2.61 bits per heavy atom. The zero-order valence-electron chi connectivity index (χ0n) is 10.4. The van der Waals surface area contributed by atoms with Gasteiger partial charge in [0.1, 0.15) is 0 Å². The van der Waals surface area contributed by atoms with Crippen LogP contribution in [0.4, 0.5) is 13.2 Å². The molecule has 0 radical (unpaired) electrons. The Morgan fingerprint density at radius 2 is 2.17 bits per heavy atom. The van der Waals surface area contributed by atoms with Gasteiger partial charge in [0, 0.05) is 39.5 Å². The summed E-state index contributed by atoms with van der Waals surface area (Å²) >= 11 is 1.02. The highest BCUT2D eigenvalue weighted by Gasteiger charge is 2.33. The van der Waals surface area contributed by atoms with Crippen molar-refractivity contribution >= 4 is 17.3 Å². The van der Waals surface area contributed by atoms with Crippen LogP contribution in [0.2, 0.25) is 0 Å². The molecule has 0 fully saturated rings. The van der Waals surface area contributed by atoms with E-state index in [1.807, 2.05) is 14.1 Å². The molecular weight excluding hydrogens is 265 g/mol. The van der Waals surface area contributed by atoms with Crippen LogP contribution in [0.5, 0.6) is 0 Å². The quantitative estimate of drug-likeness (QED) is 0.678. The minimum Gasteiger partial charge on any atom is -0.356 e. The summed E-state index contributed by atoms with van der Waals surface area (Å²) in [5.74, 6) is 0.683. The maximum Gasteiger partial charge on any atom is 0.434 e. The first-order valence-corrected chi connectivity index (χ1v) is 6.12. The molecule has 0 amide bonds. The van der Waals surface area contributed by atoms with E-state index in [0.717, 1.165) is 16.7 Å². The van der Waals surface area contributed by atoms with Crippen molar-refractivity contribution < 1.29 is 13.2 Å². The van der Waals surface area contributed by atoms with E-state index in [4.69, 9.17) is 0 Å². The van der Waals surface area contributed by atoms with Crippen LogP contribution in [0, 0.1) is 0 Å². The standard InChI is InChI=1S/C10H15F3N4S/c1-14-9(17(2)3)15-5-4-8-16-7(6-18-8)10(11,12)13/h6H,4-5H2,1-3H3,(H,14,15). The van der Waals surface area contributed by atoms with Crippen LogP contribution in [0.3, 0.4) is 0 Å². The molecule has 0 spiro atoms. The summed E-state index contributed by atoms with van der Waals surface area (Å²) in [4.78, 5) is 9.34. The fourth-order valence-corrected chi connectivity index (χ4v) is 2.08. The predicted molar refractivity (Wildman–Crippen MR) is 65.9 cm³/mol. The van der Waals surface area contributed by atoms with Gasteiger partial charge in [-0.25, -0.2) is 4.98 Å². The van der Waals surface area contributed by atoms with Gasteiger partial charge in [-0.1, -0.05) is 0 Å². The fraction of sp³-hybridized carbons (Fsp3) is 0.600. The normalized spacial score (nSPS) is 12.7. The minimum absolute atomic E-state index is 0.438. The maximum atomic E-state index is 12.3. The summed E-state index contributed by atoms with van der Waals surface area (Å²) in [6.07, 6.45) is -3.92. The Bertz CT molecular complexity index is 412. The lowest BCUT2D eigenvalue weighted by Crippen LogP contribution is -2.37.